The van der Waals surface area contributed by atoms with Crippen molar-refractivity contribution >= 4 is 32.4 Å². The maximum atomic E-state index is 5.67. The Balaban J connectivity index is 2.24. The van der Waals surface area contributed by atoms with E-state index < -0.39 is 0 Å². The average Bonchev–Trinajstić information content (AvgIpc) is 2.58. The molecule has 0 aliphatic rings. The van der Waals surface area contributed by atoms with Gasteiger partial charge in [-0.05, 0) is 40.0 Å². The van der Waals surface area contributed by atoms with Crippen LogP contribution in [0.4, 0.5) is 5.13 Å². The molecule has 2 rings (SSSR count). The first-order valence-electron chi connectivity index (χ1n) is 5.14. The van der Waals surface area contributed by atoms with Gasteiger partial charge in [0, 0.05) is 6.42 Å². The van der Waals surface area contributed by atoms with E-state index in [1.807, 2.05) is 19.1 Å². The molecule has 0 unspecified atom stereocenters. The van der Waals surface area contributed by atoms with Crippen molar-refractivity contribution in [3.8, 4) is 5.75 Å². The van der Waals surface area contributed by atoms with Crippen LogP contribution in [0.5, 0.6) is 5.75 Å². The highest BCUT2D eigenvalue weighted by Crippen LogP contribution is 2.29. The van der Waals surface area contributed by atoms with Gasteiger partial charge in [0.1, 0.15) is 5.75 Å². The maximum Gasteiger partial charge on any atom is 0.181 e. The fraction of sp³-hybridized carbons (Fsp3) is 0.250. The van der Waals surface area contributed by atoms with E-state index >= 15 is 0 Å². The van der Waals surface area contributed by atoms with Gasteiger partial charge >= 0.3 is 0 Å². The number of nitrogens with two attached hydrogens (primary N) is 1. The highest BCUT2D eigenvalue weighted by atomic mass is 79.9. The monoisotopic (exact) mass is 312 g/mol. The molecule has 5 heteroatoms. The summed E-state index contributed by atoms with van der Waals surface area (Å²) in [5.41, 5.74) is 8.98. The molecule has 2 N–H and O–H groups in total. The third-order valence-corrected chi connectivity index (χ3v) is 4.16. The molecule has 90 valence electrons. The van der Waals surface area contributed by atoms with Crippen molar-refractivity contribution in [3.05, 3.63) is 38.8 Å². The molecule has 0 radical (unpaired) electrons. The molecular formula is C12H13BrN2OS. The lowest BCUT2D eigenvalue weighted by atomic mass is 10.1. The number of anilines is 1. The molecule has 0 aliphatic heterocycles. The molecule has 0 bridgehead atoms. The molecule has 0 atom stereocenters. The summed E-state index contributed by atoms with van der Waals surface area (Å²) in [6.45, 7) is 2.03. The highest BCUT2D eigenvalue weighted by molar-refractivity contribution is 9.11. The quantitative estimate of drug-likeness (QED) is 0.945. The van der Waals surface area contributed by atoms with Crippen molar-refractivity contribution in [1.82, 2.24) is 4.98 Å². The van der Waals surface area contributed by atoms with E-state index in [0.717, 1.165) is 27.2 Å². The normalized spacial score (nSPS) is 10.5. The van der Waals surface area contributed by atoms with Crippen molar-refractivity contribution in [2.75, 3.05) is 12.8 Å². The van der Waals surface area contributed by atoms with Crippen molar-refractivity contribution < 1.29 is 4.74 Å². The molecule has 0 spiro atoms. The van der Waals surface area contributed by atoms with Crippen LogP contribution in [0.2, 0.25) is 0 Å². The molecule has 1 aromatic heterocycles. The van der Waals surface area contributed by atoms with E-state index in [1.165, 1.54) is 16.9 Å². The van der Waals surface area contributed by atoms with Gasteiger partial charge in [0.25, 0.3) is 0 Å². The highest BCUT2D eigenvalue weighted by Gasteiger charge is 2.08. The molecule has 0 saturated heterocycles. The number of hydrogen-bond donors (Lipinski definition) is 1. The third-order valence-electron chi connectivity index (χ3n) is 2.50. The van der Waals surface area contributed by atoms with E-state index in [0.29, 0.717) is 5.13 Å². The van der Waals surface area contributed by atoms with E-state index in [4.69, 9.17) is 10.5 Å². The van der Waals surface area contributed by atoms with Gasteiger partial charge in [0.2, 0.25) is 0 Å². The Morgan fingerprint density at radius 3 is 2.76 bits per heavy atom. The number of aryl methyl sites for hydroxylation is 1. The zero-order valence-corrected chi connectivity index (χ0v) is 12.1. The van der Waals surface area contributed by atoms with Crippen LogP contribution in [0.3, 0.4) is 0 Å². The lowest BCUT2D eigenvalue weighted by Crippen LogP contribution is -1.93. The van der Waals surface area contributed by atoms with Gasteiger partial charge in [-0.2, -0.15) is 0 Å². The van der Waals surface area contributed by atoms with E-state index in [1.54, 1.807) is 7.11 Å². The number of nitrogens with zero attached hydrogens (tertiary/aromatic N) is 1. The number of hydrogen-bond acceptors (Lipinski definition) is 4. The number of aromatic nitrogens is 1. The molecule has 2 aromatic rings. The average molecular weight is 313 g/mol. The Morgan fingerprint density at radius 1 is 1.47 bits per heavy atom. The smallest absolute Gasteiger partial charge is 0.181 e. The van der Waals surface area contributed by atoms with Crippen LogP contribution >= 0.6 is 27.3 Å². The number of nitrogen functional groups attached to an aromatic ring is 1. The summed E-state index contributed by atoms with van der Waals surface area (Å²) in [5.74, 6) is 0.908. The Kier molecular flexibility index (Phi) is 3.69. The Morgan fingerprint density at radius 2 is 2.24 bits per heavy atom. The number of benzene rings is 1. The second-order valence-corrected chi connectivity index (χ2v) is 6.10. The summed E-state index contributed by atoms with van der Waals surface area (Å²) < 4.78 is 6.24. The summed E-state index contributed by atoms with van der Waals surface area (Å²) in [6, 6.07) is 6.14. The SMILES string of the molecule is COc1ccc(Cc2nc(N)sc2Br)cc1C. The van der Waals surface area contributed by atoms with Crippen molar-refractivity contribution in [3.63, 3.8) is 0 Å². The van der Waals surface area contributed by atoms with E-state index in [9.17, 15) is 0 Å². The fourth-order valence-electron chi connectivity index (χ4n) is 1.70. The predicted octanol–water partition coefficient (Wildman–Crippen LogP) is 3.40. The van der Waals surface area contributed by atoms with Crippen LogP contribution in [0.1, 0.15) is 16.8 Å². The van der Waals surface area contributed by atoms with E-state index in [2.05, 4.69) is 27.0 Å². The summed E-state index contributed by atoms with van der Waals surface area (Å²) in [6.07, 6.45) is 0.777. The molecule has 1 heterocycles. The zero-order valence-electron chi connectivity index (χ0n) is 9.66. The number of methoxy groups -OCH3 is 1. The molecule has 0 amide bonds. The van der Waals surface area contributed by atoms with Crippen molar-refractivity contribution in [2.45, 2.75) is 13.3 Å². The zero-order chi connectivity index (χ0) is 12.4. The van der Waals surface area contributed by atoms with Crippen LogP contribution in [0, 0.1) is 6.92 Å². The van der Waals surface area contributed by atoms with Gasteiger partial charge in [-0.15, -0.1) is 0 Å². The second kappa shape index (κ2) is 5.06. The van der Waals surface area contributed by atoms with Gasteiger partial charge in [0.05, 0.1) is 16.6 Å². The standard InChI is InChI=1S/C12H13BrN2OS/c1-7-5-8(3-4-10(7)16-2)6-9-11(13)17-12(14)15-9/h3-5H,6H2,1-2H3,(H2,14,15). The third kappa shape index (κ3) is 2.79. The molecule has 0 saturated carbocycles. The fourth-order valence-corrected chi connectivity index (χ4v) is 3.00. The molecular weight excluding hydrogens is 300 g/mol. The van der Waals surface area contributed by atoms with Crippen LogP contribution in [0.25, 0.3) is 0 Å². The summed E-state index contributed by atoms with van der Waals surface area (Å²) in [5, 5.41) is 0.595. The minimum Gasteiger partial charge on any atom is -0.496 e. The maximum absolute atomic E-state index is 5.67. The van der Waals surface area contributed by atoms with Crippen LogP contribution < -0.4 is 10.5 Å². The Bertz CT molecular complexity index is 539. The molecule has 17 heavy (non-hydrogen) atoms. The largest absolute Gasteiger partial charge is 0.496 e. The van der Waals surface area contributed by atoms with Crippen LogP contribution in [-0.4, -0.2) is 12.1 Å². The topological polar surface area (TPSA) is 48.1 Å². The Labute approximate surface area is 113 Å². The molecule has 3 nitrogen and oxygen atoms in total. The summed E-state index contributed by atoms with van der Waals surface area (Å²) >= 11 is 4.93. The second-order valence-electron chi connectivity index (χ2n) is 3.75. The lowest BCUT2D eigenvalue weighted by Gasteiger charge is -2.06. The number of thiazole rings is 1. The van der Waals surface area contributed by atoms with Crippen molar-refractivity contribution in [1.29, 1.82) is 0 Å². The van der Waals surface area contributed by atoms with E-state index in [-0.39, 0.29) is 0 Å². The lowest BCUT2D eigenvalue weighted by molar-refractivity contribution is 0.411. The molecule has 0 aliphatic carbocycles. The van der Waals surface area contributed by atoms with Gasteiger partial charge in [-0.25, -0.2) is 4.98 Å². The summed E-state index contributed by atoms with van der Waals surface area (Å²) in [4.78, 5) is 4.30. The first-order valence-corrected chi connectivity index (χ1v) is 6.75. The summed E-state index contributed by atoms with van der Waals surface area (Å²) in [7, 11) is 1.68. The van der Waals surface area contributed by atoms with Gasteiger partial charge in [-0.1, -0.05) is 23.5 Å². The Hall–Kier alpha value is -1.07. The van der Waals surface area contributed by atoms with Gasteiger partial charge in [0.15, 0.2) is 5.13 Å². The van der Waals surface area contributed by atoms with Gasteiger partial charge < -0.3 is 10.5 Å². The predicted molar refractivity (Wildman–Crippen MR) is 74.8 cm³/mol. The number of ether oxygens (including phenoxy) is 1. The van der Waals surface area contributed by atoms with Gasteiger partial charge in [-0.3, -0.25) is 0 Å². The number of rotatable bonds is 3. The minimum atomic E-state index is 0.595. The van der Waals surface area contributed by atoms with Crippen LogP contribution in [0.15, 0.2) is 22.0 Å². The van der Waals surface area contributed by atoms with Crippen molar-refractivity contribution in [2.24, 2.45) is 0 Å². The molecule has 0 fully saturated rings. The minimum absolute atomic E-state index is 0.595. The first-order chi connectivity index (χ1) is 8.10. The number of halogens is 1. The molecule has 1 aromatic carbocycles. The van der Waals surface area contributed by atoms with Crippen LogP contribution in [-0.2, 0) is 6.42 Å². The first kappa shape index (κ1) is 12.4.